The molecule has 3 aromatic carbocycles. The number of carbonyl (C=O) groups is 1. The lowest BCUT2D eigenvalue weighted by Crippen LogP contribution is -2.30. The van der Waals surface area contributed by atoms with Gasteiger partial charge in [-0.1, -0.05) is 50.6 Å². The van der Waals surface area contributed by atoms with Crippen LogP contribution in [-0.2, 0) is 20.2 Å². The van der Waals surface area contributed by atoms with Crippen LogP contribution >= 0.6 is 11.6 Å². The molecule has 0 aromatic heterocycles. The van der Waals surface area contributed by atoms with E-state index in [2.05, 4.69) is 30.8 Å². The van der Waals surface area contributed by atoms with Crippen molar-refractivity contribution in [3.8, 4) is 5.75 Å². The smallest absolute Gasteiger partial charge is 0.265 e. The molecule has 8 heteroatoms. The normalized spacial score (nSPS) is 12.6. The Bertz CT molecular complexity index is 1270. The van der Waals surface area contributed by atoms with Gasteiger partial charge < -0.3 is 10.1 Å². The number of benzene rings is 3. The van der Waals surface area contributed by atoms with E-state index in [0.717, 1.165) is 0 Å². The summed E-state index contributed by atoms with van der Waals surface area (Å²) in [5, 5.41) is 3.22. The molecule has 0 aliphatic rings. The lowest BCUT2D eigenvalue weighted by atomic mass is 9.87. The molecular weight excluding hydrogens is 472 g/mol. The lowest BCUT2D eigenvalue weighted by molar-refractivity contribution is -0.122. The van der Waals surface area contributed by atoms with Crippen LogP contribution in [0.25, 0.3) is 0 Å². The Balaban J connectivity index is 1.63. The zero-order valence-electron chi connectivity index (χ0n) is 19.8. The summed E-state index contributed by atoms with van der Waals surface area (Å²) in [7, 11) is -3.82. The van der Waals surface area contributed by atoms with Crippen molar-refractivity contribution in [3.63, 3.8) is 0 Å². The first-order valence-corrected chi connectivity index (χ1v) is 12.7. The van der Waals surface area contributed by atoms with E-state index in [0.29, 0.717) is 27.7 Å². The highest BCUT2D eigenvalue weighted by molar-refractivity contribution is 7.92. The number of halogens is 1. The summed E-state index contributed by atoms with van der Waals surface area (Å²) >= 11 is 6.07. The van der Waals surface area contributed by atoms with Gasteiger partial charge in [-0.05, 0) is 78.9 Å². The number of nitrogens with one attached hydrogen (secondary N) is 2. The molecule has 0 aliphatic carbocycles. The van der Waals surface area contributed by atoms with E-state index in [1.807, 2.05) is 24.3 Å². The van der Waals surface area contributed by atoms with Gasteiger partial charge in [0, 0.05) is 10.7 Å². The fraction of sp³-hybridized carbons (Fsp3) is 0.269. The summed E-state index contributed by atoms with van der Waals surface area (Å²) in [6.07, 6.45) is -0.739. The van der Waals surface area contributed by atoms with Gasteiger partial charge in [-0.15, -0.1) is 0 Å². The van der Waals surface area contributed by atoms with Crippen molar-refractivity contribution in [2.45, 2.75) is 51.0 Å². The van der Waals surface area contributed by atoms with Crippen LogP contribution in [-0.4, -0.2) is 20.4 Å². The predicted octanol–water partition coefficient (Wildman–Crippen LogP) is 6.15. The summed E-state index contributed by atoms with van der Waals surface area (Å²) in [5.74, 6) is 0.252. The van der Waals surface area contributed by atoms with Crippen molar-refractivity contribution in [2.75, 3.05) is 10.0 Å². The van der Waals surface area contributed by atoms with E-state index in [1.165, 1.54) is 29.8 Å². The second kappa shape index (κ2) is 10.1. The molecule has 1 unspecified atom stereocenters. The number of carbonyl (C=O) groups excluding carboxylic acids is 1. The van der Waals surface area contributed by atoms with Gasteiger partial charge in [-0.2, -0.15) is 0 Å². The summed E-state index contributed by atoms with van der Waals surface area (Å²) < 4.78 is 33.8. The topological polar surface area (TPSA) is 84.5 Å². The van der Waals surface area contributed by atoms with Crippen LogP contribution in [0.1, 0.15) is 38.8 Å². The van der Waals surface area contributed by atoms with Gasteiger partial charge in [0.25, 0.3) is 15.9 Å². The minimum atomic E-state index is -3.82. The van der Waals surface area contributed by atoms with Gasteiger partial charge in [-0.3, -0.25) is 9.52 Å². The second-order valence-corrected chi connectivity index (χ2v) is 11.2. The summed E-state index contributed by atoms with van der Waals surface area (Å²) in [5.41, 5.74) is 2.71. The second-order valence-electron chi connectivity index (χ2n) is 9.07. The molecule has 0 saturated heterocycles. The molecule has 0 heterocycles. The largest absolute Gasteiger partial charge is 0.481 e. The minimum Gasteiger partial charge on any atom is -0.481 e. The molecule has 0 aliphatic heterocycles. The molecule has 2 N–H and O–H groups in total. The first-order valence-electron chi connectivity index (χ1n) is 10.8. The highest BCUT2D eigenvalue weighted by Crippen LogP contribution is 2.27. The maximum absolute atomic E-state index is 12.7. The molecule has 1 atom stereocenters. The third kappa shape index (κ3) is 6.30. The maximum atomic E-state index is 12.7. The van der Waals surface area contributed by atoms with Crippen LogP contribution in [0, 0.1) is 6.92 Å². The van der Waals surface area contributed by atoms with E-state index < -0.39 is 16.1 Å². The fourth-order valence-electron chi connectivity index (χ4n) is 3.17. The molecule has 0 spiro atoms. The van der Waals surface area contributed by atoms with Crippen LogP contribution in [0.4, 0.5) is 11.4 Å². The van der Waals surface area contributed by atoms with Crippen molar-refractivity contribution < 1.29 is 17.9 Å². The SMILES string of the molecule is Cc1c(Cl)cccc1NS(=O)(=O)c1ccc(NC(=O)C(C)Oc2ccc(C(C)(C)C)cc2)cc1. The Morgan fingerprint density at radius 2 is 1.59 bits per heavy atom. The number of rotatable bonds is 7. The average Bonchev–Trinajstić information content (AvgIpc) is 2.77. The van der Waals surface area contributed by atoms with Crippen molar-refractivity contribution in [1.29, 1.82) is 0 Å². The first kappa shape index (κ1) is 25.6. The van der Waals surface area contributed by atoms with Crippen LogP contribution in [0.2, 0.25) is 5.02 Å². The highest BCUT2D eigenvalue weighted by Gasteiger charge is 2.19. The number of hydrogen-bond acceptors (Lipinski definition) is 4. The quantitative estimate of drug-likeness (QED) is 0.407. The number of ether oxygens (including phenoxy) is 1. The number of hydrogen-bond donors (Lipinski definition) is 2. The third-order valence-corrected chi connectivity index (χ3v) is 7.14. The van der Waals surface area contributed by atoms with E-state index >= 15 is 0 Å². The third-order valence-electron chi connectivity index (χ3n) is 5.35. The highest BCUT2D eigenvalue weighted by atomic mass is 35.5. The number of anilines is 2. The van der Waals surface area contributed by atoms with Crippen LogP contribution in [0.3, 0.4) is 0 Å². The molecule has 3 rings (SSSR count). The van der Waals surface area contributed by atoms with Gasteiger partial charge in [-0.25, -0.2) is 8.42 Å². The van der Waals surface area contributed by atoms with Crippen LogP contribution in [0.15, 0.2) is 71.6 Å². The van der Waals surface area contributed by atoms with E-state index in [4.69, 9.17) is 16.3 Å². The monoisotopic (exact) mass is 500 g/mol. The Morgan fingerprint density at radius 1 is 0.971 bits per heavy atom. The zero-order valence-corrected chi connectivity index (χ0v) is 21.4. The predicted molar refractivity (Wildman–Crippen MR) is 137 cm³/mol. The molecule has 6 nitrogen and oxygen atoms in total. The van der Waals surface area contributed by atoms with Gasteiger partial charge in [0.1, 0.15) is 5.75 Å². The van der Waals surface area contributed by atoms with Gasteiger partial charge in [0.2, 0.25) is 0 Å². The Kier molecular flexibility index (Phi) is 7.58. The Hall–Kier alpha value is -3.03. The van der Waals surface area contributed by atoms with Gasteiger partial charge >= 0.3 is 0 Å². The number of sulfonamides is 1. The van der Waals surface area contributed by atoms with Crippen molar-refractivity contribution in [3.05, 3.63) is 82.9 Å². The average molecular weight is 501 g/mol. The van der Waals surface area contributed by atoms with Crippen molar-refractivity contribution in [1.82, 2.24) is 0 Å². The summed E-state index contributed by atoms with van der Waals surface area (Å²) in [4.78, 5) is 12.6. The molecule has 0 bridgehead atoms. The standard InChI is InChI=1S/C26H29ClN2O4S/c1-17-23(27)7-6-8-24(17)29-34(31,32)22-15-11-20(12-16-22)28-25(30)18(2)33-21-13-9-19(10-14-21)26(3,4)5/h6-16,18,29H,1-5H3,(H,28,30). The molecule has 1 amide bonds. The fourth-order valence-corrected chi connectivity index (χ4v) is 4.47. The Labute approximate surface area is 206 Å². The van der Waals surface area contributed by atoms with Crippen LogP contribution in [0.5, 0.6) is 5.75 Å². The molecule has 34 heavy (non-hydrogen) atoms. The molecule has 180 valence electrons. The van der Waals surface area contributed by atoms with Crippen molar-refractivity contribution in [2.24, 2.45) is 0 Å². The lowest BCUT2D eigenvalue weighted by Gasteiger charge is -2.20. The zero-order chi connectivity index (χ0) is 25.1. The van der Waals surface area contributed by atoms with E-state index in [1.54, 1.807) is 32.0 Å². The van der Waals surface area contributed by atoms with E-state index in [-0.39, 0.29) is 16.2 Å². The van der Waals surface area contributed by atoms with Gasteiger partial charge in [0.15, 0.2) is 6.10 Å². The van der Waals surface area contributed by atoms with Gasteiger partial charge in [0.05, 0.1) is 10.6 Å². The molecule has 0 fully saturated rings. The van der Waals surface area contributed by atoms with E-state index in [9.17, 15) is 13.2 Å². The van der Waals surface area contributed by atoms with Crippen LogP contribution < -0.4 is 14.8 Å². The molecular formula is C26H29ClN2O4S. The number of amides is 1. The first-order chi connectivity index (χ1) is 15.9. The van der Waals surface area contributed by atoms with Crippen molar-refractivity contribution >= 4 is 38.9 Å². The molecule has 0 radical (unpaired) electrons. The Morgan fingerprint density at radius 3 is 2.18 bits per heavy atom. The molecule has 3 aromatic rings. The maximum Gasteiger partial charge on any atom is 0.265 e. The summed E-state index contributed by atoms with van der Waals surface area (Å²) in [6.45, 7) is 9.78. The molecule has 0 saturated carbocycles. The summed E-state index contributed by atoms with van der Waals surface area (Å²) in [6, 6.07) is 18.6. The minimum absolute atomic E-state index is 0.0314.